The van der Waals surface area contributed by atoms with Crippen molar-refractivity contribution in [2.24, 2.45) is 5.92 Å². The lowest BCUT2D eigenvalue weighted by Crippen LogP contribution is -2.21. The zero-order valence-electron chi connectivity index (χ0n) is 21.5. The second-order valence-electron chi connectivity index (χ2n) is 9.29. The van der Waals surface area contributed by atoms with Crippen LogP contribution in [0.3, 0.4) is 0 Å². The molecule has 1 amide bonds. The summed E-state index contributed by atoms with van der Waals surface area (Å²) in [5.41, 5.74) is 4.64. The fourth-order valence-corrected chi connectivity index (χ4v) is 4.56. The molecule has 8 nitrogen and oxygen atoms in total. The van der Waals surface area contributed by atoms with Gasteiger partial charge in [0.05, 0.1) is 24.8 Å². The minimum Gasteiger partial charge on any atom is -0.496 e. The lowest BCUT2D eigenvalue weighted by atomic mass is 10.0. The van der Waals surface area contributed by atoms with Gasteiger partial charge in [-0.05, 0) is 54.9 Å². The first-order valence-electron chi connectivity index (χ1n) is 12.1. The Hall–Kier alpha value is -4.06. The van der Waals surface area contributed by atoms with E-state index in [0.29, 0.717) is 57.6 Å². The zero-order valence-corrected chi connectivity index (χ0v) is 22.3. The van der Waals surface area contributed by atoms with Crippen molar-refractivity contribution in [1.82, 2.24) is 15.2 Å². The van der Waals surface area contributed by atoms with E-state index in [1.807, 2.05) is 36.4 Å². The van der Waals surface area contributed by atoms with Gasteiger partial charge in [0.2, 0.25) is 0 Å². The van der Waals surface area contributed by atoms with E-state index in [2.05, 4.69) is 16.4 Å². The van der Waals surface area contributed by atoms with E-state index >= 15 is 0 Å². The third-order valence-corrected chi connectivity index (χ3v) is 6.58. The molecule has 9 heteroatoms. The Labute approximate surface area is 227 Å². The van der Waals surface area contributed by atoms with Crippen molar-refractivity contribution in [1.29, 1.82) is 5.26 Å². The number of nitriles is 1. The molecule has 1 fully saturated rings. The van der Waals surface area contributed by atoms with Gasteiger partial charge >= 0.3 is 0 Å². The molecule has 2 aromatic carbocycles. The summed E-state index contributed by atoms with van der Waals surface area (Å²) in [4.78, 5) is 18.4. The molecule has 0 radical (unpaired) electrons. The largest absolute Gasteiger partial charge is 0.496 e. The topological polar surface area (TPSA) is 101 Å². The van der Waals surface area contributed by atoms with Crippen LogP contribution in [0.2, 0.25) is 0 Å². The van der Waals surface area contributed by atoms with Crippen LogP contribution in [-0.2, 0) is 0 Å². The van der Waals surface area contributed by atoms with Crippen molar-refractivity contribution in [2.75, 3.05) is 40.9 Å². The molecule has 1 N–H and O–H groups in total. The quantitative estimate of drug-likeness (QED) is 0.351. The number of pyridine rings is 1. The number of nitrogens with one attached hydrogen (secondary N) is 1. The monoisotopic (exact) mass is 532 g/mol. The maximum Gasteiger partial charge on any atom is 0.253 e. The Kier molecular flexibility index (Phi) is 8.20. The van der Waals surface area contributed by atoms with Crippen LogP contribution in [-0.4, -0.2) is 56.7 Å². The number of halogens is 1. The summed E-state index contributed by atoms with van der Waals surface area (Å²) in [5.74, 6) is 2.03. The fraction of sp³-hybridized carbons (Fsp3) is 0.276. The van der Waals surface area contributed by atoms with E-state index in [0.717, 1.165) is 30.6 Å². The van der Waals surface area contributed by atoms with E-state index in [9.17, 15) is 10.1 Å². The molecule has 2 aromatic heterocycles. The number of carbonyl (C=O) groups is 1. The summed E-state index contributed by atoms with van der Waals surface area (Å²) in [6, 6.07) is 16.8. The van der Waals surface area contributed by atoms with Crippen LogP contribution in [0, 0.1) is 17.2 Å². The van der Waals surface area contributed by atoms with Gasteiger partial charge in [0.25, 0.3) is 5.91 Å². The van der Waals surface area contributed by atoms with Crippen LogP contribution in [0.4, 0.5) is 0 Å². The fourth-order valence-electron chi connectivity index (χ4n) is 4.56. The molecule has 1 unspecified atom stereocenters. The predicted molar refractivity (Wildman–Crippen MR) is 148 cm³/mol. The minimum atomic E-state index is -0.112. The van der Waals surface area contributed by atoms with Crippen molar-refractivity contribution >= 4 is 29.4 Å². The zero-order chi connectivity index (χ0) is 25.9. The molecule has 1 saturated heterocycles. The van der Waals surface area contributed by atoms with Crippen LogP contribution in [0.5, 0.6) is 11.5 Å². The molecule has 0 aliphatic carbocycles. The number of nitrogens with zero attached hydrogens (tertiary/aromatic N) is 3. The number of carbonyl (C=O) groups excluding carboxylic acids is 1. The molecule has 38 heavy (non-hydrogen) atoms. The number of benzene rings is 2. The molecule has 3 heterocycles. The lowest BCUT2D eigenvalue weighted by Gasteiger charge is -2.13. The molecule has 1 atom stereocenters. The molecule has 1 aliphatic rings. The van der Waals surface area contributed by atoms with E-state index in [-0.39, 0.29) is 18.3 Å². The number of hydrogen-bond acceptors (Lipinski definition) is 7. The second-order valence-corrected chi connectivity index (χ2v) is 9.29. The van der Waals surface area contributed by atoms with Gasteiger partial charge in [0, 0.05) is 49.9 Å². The number of fused-ring (bicyclic) bond motifs is 1. The Morgan fingerprint density at radius 3 is 2.71 bits per heavy atom. The molecule has 0 saturated carbocycles. The van der Waals surface area contributed by atoms with Crippen LogP contribution in [0.25, 0.3) is 33.6 Å². The highest BCUT2D eigenvalue weighted by atomic mass is 35.5. The molecule has 196 valence electrons. The molecular formula is C29H29ClN4O4. The average molecular weight is 533 g/mol. The molecule has 0 spiro atoms. The number of methoxy groups -OCH3 is 1. The first-order valence-corrected chi connectivity index (χ1v) is 12.1. The summed E-state index contributed by atoms with van der Waals surface area (Å²) in [5, 5.41) is 13.1. The van der Waals surface area contributed by atoms with Gasteiger partial charge in [-0.1, -0.05) is 6.07 Å². The number of hydrogen-bond donors (Lipinski definition) is 1. The highest BCUT2D eigenvalue weighted by Crippen LogP contribution is 2.38. The minimum absolute atomic E-state index is 0. The Bertz CT molecular complexity index is 1500. The standard InChI is InChI=1S/C29H28N4O4.ClH/c1-33(2)29(34)20-4-6-23(26(13-20)35-3)27-14-24-28(37-27)22(9-11-32-24)19-5-7-25(21(12-19)15-30)36-17-18-8-10-31-16-18;/h4-7,9,11-14,18,31H,8,10,16-17H2,1-3H3;1H. The number of furan rings is 1. The van der Waals surface area contributed by atoms with Crippen LogP contribution in [0.15, 0.2) is 59.1 Å². The summed E-state index contributed by atoms with van der Waals surface area (Å²) in [7, 11) is 4.97. The van der Waals surface area contributed by atoms with Gasteiger partial charge in [-0.15, -0.1) is 12.4 Å². The maximum absolute atomic E-state index is 12.4. The van der Waals surface area contributed by atoms with Gasteiger partial charge in [-0.25, -0.2) is 0 Å². The van der Waals surface area contributed by atoms with Crippen LogP contribution < -0.4 is 14.8 Å². The van der Waals surface area contributed by atoms with Gasteiger partial charge in [0.15, 0.2) is 5.58 Å². The van der Waals surface area contributed by atoms with E-state index < -0.39 is 0 Å². The highest BCUT2D eigenvalue weighted by Gasteiger charge is 2.19. The normalized spacial score (nSPS) is 14.5. The average Bonchev–Trinajstić information content (AvgIpc) is 3.61. The number of aromatic nitrogens is 1. The van der Waals surface area contributed by atoms with Gasteiger partial charge in [0.1, 0.15) is 28.8 Å². The lowest BCUT2D eigenvalue weighted by molar-refractivity contribution is 0.0827. The predicted octanol–water partition coefficient (Wildman–Crippen LogP) is 5.15. The van der Waals surface area contributed by atoms with Crippen molar-refractivity contribution in [3.8, 4) is 40.0 Å². The SMILES string of the molecule is COc1cc(C(=O)N(C)C)ccc1-c1cc2nccc(-c3ccc(OCC4CCNC4)c(C#N)c3)c2o1.Cl. The van der Waals surface area contributed by atoms with Crippen molar-refractivity contribution < 1.29 is 18.7 Å². The van der Waals surface area contributed by atoms with E-state index in [1.54, 1.807) is 39.5 Å². The molecule has 5 rings (SSSR count). The first kappa shape index (κ1) is 27.0. The first-order chi connectivity index (χ1) is 18.0. The van der Waals surface area contributed by atoms with Gasteiger partial charge in [-0.2, -0.15) is 5.26 Å². The Morgan fingerprint density at radius 1 is 1.16 bits per heavy atom. The van der Waals surface area contributed by atoms with E-state index in [1.165, 1.54) is 4.90 Å². The van der Waals surface area contributed by atoms with Crippen molar-refractivity contribution in [3.05, 3.63) is 65.9 Å². The number of rotatable bonds is 7. The number of ether oxygens (including phenoxy) is 2. The van der Waals surface area contributed by atoms with E-state index in [4.69, 9.17) is 13.9 Å². The van der Waals surface area contributed by atoms with Crippen LogP contribution >= 0.6 is 12.4 Å². The molecular weight excluding hydrogens is 504 g/mol. The highest BCUT2D eigenvalue weighted by molar-refractivity contribution is 5.96. The smallest absolute Gasteiger partial charge is 0.253 e. The third kappa shape index (κ3) is 5.30. The second kappa shape index (κ2) is 11.5. The molecule has 0 bridgehead atoms. The Balaban J connectivity index is 0.00000336. The Morgan fingerprint density at radius 2 is 2.00 bits per heavy atom. The van der Waals surface area contributed by atoms with Gasteiger partial charge < -0.3 is 24.1 Å². The summed E-state index contributed by atoms with van der Waals surface area (Å²) in [6.45, 7) is 2.53. The third-order valence-electron chi connectivity index (χ3n) is 6.58. The molecule has 4 aromatic rings. The van der Waals surface area contributed by atoms with Crippen LogP contribution in [0.1, 0.15) is 22.3 Å². The maximum atomic E-state index is 12.4. The number of amides is 1. The molecule has 1 aliphatic heterocycles. The summed E-state index contributed by atoms with van der Waals surface area (Å²) in [6.07, 6.45) is 2.80. The summed E-state index contributed by atoms with van der Waals surface area (Å²) >= 11 is 0. The van der Waals surface area contributed by atoms with Crippen molar-refractivity contribution in [3.63, 3.8) is 0 Å². The van der Waals surface area contributed by atoms with Crippen molar-refractivity contribution in [2.45, 2.75) is 6.42 Å². The van der Waals surface area contributed by atoms with Gasteiger partial charge in [-0.3, -0.25) is 9.78 Å². The summed E-state index contributed by atoms with van der Waals surface area (Å²) < 4.78 is 17.8.